The van der Waals surface area contributed by atoms with E-state index in [2.05, 4.69) is 31.2 Å². The molecule has 0 aliphatic rings. The lowest BCUT2D eigenvalue weighted by Gasteiger charge is -2.22. The topological polar surface area (TPSA) is 199 Å². The summed E-state index contributed by atoms with van der Waals surface area (Å²) in [6, 6.07) is 14.2. The van der Waals surface area contributed by atoms with Crippen LogP contribution in [0.15, 0.2) is 67.1 Å². The van der Waals surface area contributed by atoms with Crippen molar-refractivity contribution in [3.63, 3.8) is 0 Å². The van der Waals surface area contributed by atoms with Crippen LogP contribution in [0.2, 0.25) is 0 Å². The average Bonchev–Trinajstić information content (AvgIpc) is 3.64. The van der Waals surface area contributed by atoms with Gasteiger partial charge in [-0.15, -0.1) is 0 Å². The molecule has 3 rings (SSSR count). The molecule has 0 spiro atoms. The quantitative estimate of drug-likeness (QED) is 0.0801. The van der Waals surface area contributed by atoms with Gasteiger partial charge in [-0.1, -0.05) is 70.2 Å². The van der Waals surface area contributed by atoms with Crippen molar-refractivity contribution in [2.45, 2.75) is 84.3 Å². The van der Waals surface area contributed by atoms with Crippen molar-refractivity contribution in [3.05, 3.63) is 83.9 Å². The van der Waals surface area contributed by atoms with Crippen LogP contribution in [0.5, 0.6) is 5.75 Å². The summed E-state index contributed by atoms with van der Waals surface area (Å²) in [7, 11) is 0. The molecular weight excluding hydrogens is 664 g/mol. The highest BCUT2D eigenvalue weighted by molar-refractivity contribution is 5.94. The molecule has 52 heavy (non-hydrogen) atoms. The Hall–Kier alpha value is -5.01. The van der Waals surface area contributed by atoms with E-state index in [9.17, 15) is 33.9 Å². The Kier molecular flexibility index (Phi) is 17.0. The molecule has 1 heterocycles. The molecule has 1 aromatic heterocycles. The fraction of sp³-hybridized carbons (Fsp3) is 0.462. The average molecular weight is 717 g/mol. The Morgan fingerprint density at radius 2 is 1.40 bits per heavy atom. The fourth-order valence-corrected chi connectivity index (χ4v) is 5.51. The molecule has 280 valence electrons. The molecule has 0 aliphatic carbocycles. The largest absolute Gasteiger partial charge is 0.508 e. The highest BCUT2D eigenvalue weighted by Crippen LogP contribution is 2.15. The van der Waals surface area contributed by atoms with Gasteiger partial charge in [0, 0.05) is 49.5 Å². The van der Waals surface area contributed by atoms with E-state index in [4.69, 9.17) is 0 Å². The summed E-state index contributed by atoms with van der Waals surface area (Å²) >= 11 is 0. The van der Waals surface area contributed by atoms with Crippen LogP contribution in [-0.4, -0.2) is 87.8 Å². The van der Waals surface area contributed by atoms with E-state index in [0.717, 1.165) is 11.1 Å². The van der Waals surface area contributed by atoms with E-state index in [1.165, 1.54) is 18.5 Å². The fourth-order valence-electron chi connectivity index (χ4n) is 5.51. The van der Waals surface area contributed by atoms with Gasteiger partial charge in [-0.05, 0) is 36.1 Å². The number of H-pyrrole nitrogens is 1. The minimum Gasteiger partial charge on any atom is -0.508 e. The summed E-state index contributed by atoms with van der Waals surface area (Å²) in [5.41, 5.74) is 2.31. The predicted octanol–water partition coefficient (Wildman–Crippen LogP) is 2.42. The van der Waals surface area contributed by atoms with Crippen molar-refractivity contribution in [3.8, 4) is 5.75 Å². The van der Waals surface area contributed by atoms with Gasteiger partial charge in [-0.2, -0.15) is 0 Å². The van der Waals surface area contributed by atoms with Crippen LogP contribution in [-0.2, 0) is 48.0 Å². The van der Waals surface area contributed by atoms with Gasteiger partial charge in [0.1, 0.15) is 11.5 Å². The molecule has 0 fully saturated rings. The van der Waals surface area contributed by atoms with Crippen molar-refractivity contribution < 1.29 is 33.9 Å². The number of benzene rings is 2. The van der Waals surface area contributed by atoms with Gasteiger partial charge >= 0.3 is 0 Å². The monoisotopic (exact) mass is 716 g/mol. The Morgan fingerprint density at radius 3 is 2.04 bits per heavy atom. The predicted molar refractivity (Wildman–Crippen MR) is 196 cm³/mol. The van der Waals surface area contributed by atoms with Crippen molar-refractivity contribution in [1.82, 2.24) is 31.2 Å². The molecule has 13 nitrogen and oxygen atoms in total. The van der Waals surface area contributed by atoms with Crippen LogP contribution in [0.1, 0.15) is 63.8 Å². The summed E-state index contributed by atoms with van der Waals surface area (Å²) in [6.45, 7) is 7.07. The van der Waals surface area contributed by atoms with Gasteiger partial charge < -0.3 is 31.4 Å². The molecule has 0 bridgehead atoms. The number of imidazole rings is 1. The van der Waals surface area contributed by atoms with Crippen LogP contribution >= 0.6 is 0 Å². The molecule has 2 amide bonds. The van der Waals surface area contributed by atoms with Gasteiger partial charge in [0.25, 0.3) is 0 Å². The zero-order valence-corrected chi connectivity index (χ0v) is 30.4. The number of ketones is 4. The lowest BCUT2D eigenvalue weighted by molar-refractivity contribution is -0.132. The normalized spacial score (nSPS) is 13.0. The molecule has 0 saturated heterocycles. The Bertz CT molecular complexity index is 1610. The Balaban J connectivity index is 1.58. The maximum atomic E-state index is 13.6. The van der Waals surface area contributed by atoms with Crippen LogP contribution in [0.3, 0.4) is 0 Å². The first kappa shape index (κ1) is 41.4. The van der Waals surface area contributed by atoms with E-state index in [1.807, 2.05) is 44.2 Å². The second kappa shape index (κ2) is 21.4. The number of amides is 2. The second-order valence-corrected chi connectivity index (χ2v) is 13.7. The Morgan fingerprint density at radius 1 is 0.750 bits per heavy atom. The number of aromatic amines is 1. The zero-order chi connectivity index (χ0) is 38.0. The van der Waals surface area contributed by atoms with Crippen molar-refractivity contribution in [2.24, 2.45) is 11.8 Å². The second-order valence-electron chi connectivity index (χ2n) is 13.7. The zero-order valence-electron chi connectivity index (χ0n) is 30.4. The lowest BCUT2D eigenvalue weighted by atomic mass is 9.93. The van der Waals surface area contributed by atoms with Crippen LogP contribution in [0.25, 0.3) is 0 Å². The van der Waals surface area contributed by atoms with Gasteiger partial charge in [-0.25, -0.2) is 4.98 Å². The summed E-state index contributed by atoms with van der Waals surface area (Å²) in [5, 5.41) is 21.0. The molecule has 13 heteroatoms. The van der Waals surface area contributed by atoms with Gasteiger partial charge in [0.05, 0.1) is 44.0 Å². The van der Waals surface area contributed by atoms with Crippen LogP contribution in [0, 0.1) is 11.8 Å². The standard InChI is InChI=1S/C39H52N6O7/c1-25(2)38(51)35(17-28-10-12-31(46)13-11-28)42-22-33(48)23-43-37(50)15-14-36(49)34(16-27-8-6-5-7-9-27)45-39(52)29(18-30-20-40-24-44-30)19-32(47)21-41-26(3)4/h5-13,20,24-26,29,34-35,41-42,46H,14-19,21-23H2,1-4H3,(H,40,44)(H,43,50)(H,45,52)/t29-,34+,35+/m1/s1. The minimum absolute atomic E-state index is 0.0364. The minimum atomic E-state index is -0.953. The van der Waals surface area contributed by atoms with E-state index in [-0.39, 0.29) is 92.6 Å². The first-order chi connectivity index (χ1) is 24.8. The van der Waals surface area contributed by atoms with Gasteiger partial charge in [-0.3, -0.25) is 28.8 Å². The number of phenolic OH excluding ortho intramolecular Hbond substituents is 1. The third-order valence-corrected chi connectivity index (χ3v) is 8.48. The molecule has 0 radical (unpaired) electrons. The van der Waals surface area contributed by atoms with Crippen molar-refractivity contribution in [1.29, 1.82) is 0 Å². The van der Waals surface area contributed by atoms with E-state index in [1.54, 1.807) is 32.2 Å². The molecule has 3 atom stereocenters. The Labute approximate surface area is 305 Å². The first-order valence-electron chi connectivity index (χ1n) is 17.7. The van der Waals surface area contributed by atoms with Gasteiger partial charge in [0.2, 0.25) is 11.8 Å². The maximum Gasteiger partial charge on any atom is 0.224 e. The molecule has 0 aliphatic heterocycles. The molecular formula is C39H52N6O7. The molecule has 0 unspecified atom stereocenters. The van der Waals surface area contributed by atoms with E-state index >= 15 is 0 Å². The summed E-state index contributed by atoms with van der Waals surface area (Å²) in [5.74, 6) is -2.79. The molecule has 0 saturated carbocycles. The number of nitrogens with zero attached hydrogens (tertiary/aromatic N) is 1. The van der Waals surface area contributed by atoms with Crippen molar-refractivity contribution in [2.75, 3.05) is 19.6 Å². The number of carbonyl (C=O) groups excluding carboxylic acids is 6. The smallest absolute Gasteiger partial charge is 0.224 e. The number of hydrogen-bond donors (Lipinski definition) is 6. The number of aromatic nitrogens is 2. The SMILES string of the molecule is CC(C)NCC(=O)C[C@@H](Cc1cnc[nH]1)C(=O)N[C@@H](Cc1ccccc1)C(=O)CCC(=O)NCC(=O)CN[C@@H](Cc1ccc(O)cc1)C(=O)C(C)C. The highest BCUT2D eigenvalue weighted by atomic mass is 16.3. The number of carbonyl (C=O) groups is 6. The number of hydrogen-bond acceptors (Lipinski definition) is 10. The summed E-state index contributed by atoms with van der Waals surface area (Å²) in [4.78, 5) is 85.1. The highest BCUT2D eigenvalue weighted by Gasteiger charge is 2.28. The molecule has 6 N–H and O–H groups in total. The van der Waals surface area contributed by atoms with Crippen LogP contribution < -0.4 is 21.3 Å². The van der Waals surface area contributed by atoms with E-state index in [0.29, 0.717) is 12.1 Å². The number of nitrogens with one attached hydrogen (secondary N) is 5. The summed E-state index contributed by atoms with van der Waals surface area (Å²) in [6.07, 6.45) is 3.40. The lowest BCUT2D eigenvalue weighted by Crippen LogP contribution is -2.46. The molecule has 3 aromatic rings. The number of rotatable bonds is 24. The maximum absolute atomic E-state index is 13.6. The van der Waals surface area contributed by atoms with Crippen LogP contribution in [0.4, 0.5) is 0 Å². The summed E-state index contributed by atoms with van der Waals surface area (Å²) < 4.78 is 0. The number of Topliss-reactive ketones (excluding diaryl/α,β-unsaturated/α-hetero) is 4. The first-order valence-corrected chi connectivity index (χ1v) is 17.7. The number of phenols is 1. The third-order valence-electron chi connectivity index (χ3n) is 8.48. The number of aromatic hydroxyl groups is 1. The third kappa shape index (κ3) is 15.1. The molecule has 2 aromatic carbocycles. The van der Waals surface area contributed by atoms with Crippen molar-refractivity contribution >= 4 is 34.9 Å². The van der Waals surface area contributed by atoms with Gasteiger partial charge in [0.15, 0.2) is 17.3 Å². The van der Waals surface area contributed by atoms with E-state index < -0.39 is 29.8 Å².